The van der Waals surface area contributed by atoms with Crippen molar-refractivity contribution in [2.75, 3.05) is 6.61 Å². The van der Waals surface area contributed by atoms with Crippen molar-refractivity contribution >= 4 is 0 Å². The van der Waals surface area contributed by atoms with Gasteiger partial charge in [-0.25, -0.2) is 10.4 Å². The molecule has 0 bridgehead atoms. The number of rotatable bonds is 1. The molecule has 0 aliphatic carbocycles. The summed E-state index contributed by atoms with van der Waals surface area (Å²) in [7, 11) is 0. The number of aliphatic hydroxyl groups is 4. The summed E-state index contributed by atoms with van der Waals surface area (Å²) in [6.45, 7) is -0.322. The fourth-order valence-electron chi connectivity index (χ4n) is 1.83. The number of fused-ring (bicyclic) bond motifs is 1. The molecule has 0 aromatic heterocycles. The normalized spacial score (nSPS) is 49.3. The predicted octanol–water partition coefficient (Wildman–Crippen LogP) is -4.40. The van der Waals surface area contributed by atoms with E-state index in [4.69, 9.17) is 5.11 Å². The van der Waals surface area contributed by atoms with E-state index in [-0.39, 0.29) is 6.61 Å². The molecule has 14 heavy (non-hydrogen) atoms. The van der Waals surface area contributed by atoms with Crippen molar-refractivity contribution < 1.29 is 20.4 Å². The molecule has 1 unspecified atom stereocenters. The van der Waals surface area contributed by atoms with E-state index in [1.165, 1.54) is 5.01 Å². The first-order valence-corrected chi connectivity index (χ1v) is 4.36. The Balaban J connectivity index is 2.19. The van der Waals surface area contributed by atoms with Gasteiger partial charge in [-0.05, 0) is 0 Å². The van der Waals surface area contributed by atoms with Crippen LogP contribution >= 0.6 is 0 Å². The molecule has 8 heteroatoms. The van der Waals surface area contributed by atoms with Crippen LogP contribution < -0.4 is 16.5 Å². The van der Waals surface area contributed by atoms with Crippen molar-refractivity contribution in [2.45, 2.75) is 30.5 Å². The van der Waals surface area contributed by atoms with Crippen molar-refractivity contribution in [1.82, 2.24) is 21.5 Å². The van der Waals surface area contributed by atoms with Gasteiger partial charge in [0.1, 0.15) is 24.5 Å². The zero-order valence-electron chi connectivity index (χ0n) is 7.33. The van der Waals surface area contributed by atoms with Gasteiger partial charge in [0.25, 0.3) is 0 Å². The maximum absolute atomic E-state index is 9.56. The highest BCUT2D eigenvalue weighted by molar-refractivity contribution is 4.98. The van der Waals surface area contributed by atoms with Gasteiger partial charge in [0.2, 0.25) is 0 Å². The summed E-state index contributed by atoms with van der Waals surface area (Å²) in [5.74, 6) is 0. The molecule has 2 aliphatic rings. The summed E-state index contributed by atoms with van der Waals surface area (Å²) in [6.07, 6.45) is -4.18. The molecule has 2 heterocycles. The van der Waals surface area contributed by atoms with Gasteiger partial charge in [0.05, 0.1) is 12.6 Å². The van der Waals surface area contributed by atoms with Gasteiger partial charge < -0.3 is 20.4 Å². The van der Waals surface area contributed by atoms with Crippen molar-refractivity contribution in [3.8, 4) is 0 Å². The molecule has 0 saturated carbocycles. The lowest BCUT2D eigenvalue weighted by molar-refractivity contribution is -0.174. The van der Waals surface area contributed by atoms with Crippen LogP contribution in [-0.2, 0) is 0 Å². The number of nitrogens with one attached hydrogen (secondary N) is 3. The van der Waals surface area contributed by atoms with E-state index < -0.39 is 30.5 Å². The second-order valence-corrected chi connectivity index (χ2v) is 3.45. The number of nitrogens with zero attached hydrogens (tertiary/aromatic N) is 1. The average molecular weight is 206 g/mol. The van der Waals surface area contributed by atoms with Crippen LogP contribution in [0.2, 0.25) is 0 Å². The van der Waals surface area contributed by atoms with Gasteiger partial charge in [-0.2, -0.15) is 11.1 Å². The first-order chi connectivity index (χ1) is 6.66. The summed E-state index contributed by atoms with van der Waals surface area (Å²) >= 11 is 0. The number of piperidine rings is 1. The van der Waals surface area contributed by atoms with Gasteiger partial charge in [-0.15, -0.1) is 0 Å². The van der Waals surface area contributed by atoms with Crippen molar-refractivity contribution in [3.05, 3.63) is 0 Å². The van der Waals surface area contributed by atoms with Gasteiger partial charge in [-0.1, -0.05) is 0 Å². The van der Waals surface area contributed by atoms with Gasteiger partial charge in [0.15, 0.2) is 0 Å². The third kappa shape index (κ3) is 1.33. The van der Waals surface area contributed by atoms with E-state index in [9.17, 15) is 15.3 Å². The molecule has 82 valence electrons. The Bertz CT molecular complexity index is 218. The topological polar surface area (TPSA) is 120 Å². The summed E-state index contributed by atoms with van der Waals surface area (Å²) in [5, 5.41) is 39.0. The Morgan fingerprint density at radius 3 is 2.43 bits per heavy atom. The molecular formula is C6H14N4O4. The Kier molecular flexibility index (Phi) is 2.68. The lowest BCUT2D eigenvalue weighted by Crippen LogP contribution is -2.69. The highest BCUT2D eigenvalue weighted by atomic mass is 16.4. The molecule has 0 aromatic carbocycles. The smallest absolute Gasteiger partial charge is 0.118 e. The first-order valence-electron chi connectivity index (χ1n) is 4.36. The van der Waals surface area contributed by atoms with Crippen LogP contribution in [0.15, 0.2) is 0 Å². The SMILES string of the molecule is OC[C@@H]1[C@@H](O)[C@H](O)[C@@H](O)C2NNNN21. The molecule has 0 aromatic rings. The molecule has 8 nitrogen and oxygen atoms in total. The molecule has 2 fully saturated rings. The Morgan fingerprint density at radius 1 is 1.07 bits per heavy atom. The summed E-state index contributed by atoms with van der Waals surface area (Å²) < 4.78 is 0. The van der Waals surface area contributed by atoms with Gasteiger partial charge in [-0.3, -0.25) is 0 Å². The second-order valence-electron chi connectivity index (χ2n) is 3.45. The minimum atomic E-state index is -1.28. The highest BCUT2D eigenvalue weighted by Gasteiger charge is 2.49. The standard InChI is InChI=1S/C6H14N4O4/c11-1-2-3(12)4(13)5(14)6-7-8-9-10(2)6/h2-9,11-14H,1H2/t2-,3-,4+,5-,6?/m1/s1. The third-order valence-corrected chi connectivity index (χ3v) is 2.67. The fourth-order valence-corrected chi connectivity index (χ4v) is 1.83. The number of aliphatic hydroxyl groups excluding tert-OH is 4. The van der Waals surface area contributed by atoms with E-state index in [1.54, 1.807) is 0 Å². The quantitative estimate of drug-likeness (QED) is 0.230. The third-order valence-electron chi connectivity index (χ3n) is 2.67. The minimum absolute atomic E-state index is 0.322. The molecular weight excluding hydrogens is 192 g/mol. The summed E-state index contributed by atoms with van der Waals surface area (Å²) in [4.78, 5) is 0. The molecule has 0 amide bonds. The Hall–Kier alpha value is -0.320. The van der Waals surface area contributed by atoms with Crippen LogP contribution in [0.3, 0.4) is 0 Å². The van der Waals surface area contributed by atoms with E-state index in [0.29, 0.717) is 0 Å². The van der Waals surface area contributed by atoms with Crippen LogP contribution in [0.25, 0.3) is 0 Å². The highest BCUT2D eigenvalue weighted by Crippen LogP contribution is 2.22. The molecule has 2 rings (SSSR count). The average Bonchev–Trinajstić information content (AvgIpc) is 2.64. The van der Waals surface area contributed by atoms with E-state index in [0.717, 1.165) is 0 Å². The van der Waals surface area contributed by atoms with Crippen LogP contribution in [-0.4, -0.2) is 62.6 Å². The number of hydrogen-bond acceptors (Lipinski definition) is 8. The molecule has 0 radical (unpaired) electrons. The van der Waals surface area contributed by atoms with Gasteiger partial charge in [0, 0.05) is 0 Å². The number of hydrazine groups is 3. The molecule has 2 aliphatic heterocycles. The monoisotopic (exact) mass is 206 g/mol. The van der Waals surface area contributed by atoms with Crippen molar-refractivity contribution in [3.63, 3.8) is 0 Å². The second kappa shape index (κ2) is 3.68. The van der Waals surface area contributed by atoms with Crippen molar-refractivity contribution in [2.24, 2.45) is 0 Å². The lowest BCUT2D eigenvalue weighted by atomic mass is 9.93. The minimum Gasteiger partial charge on any atom is -0.395 e. The molecule has 0 spiro atoms. The first kappa shape index (κ1) is 10.2. The van der Waals surface area contributed by atoms with Crippen molar-refractivity contribution in [1.29, 1.82) is 0 Å². The zero-order chi connectivity index (χ0) is 10.3. The summed E-state index contributed by atoms with van der Waals surface area (Å²) in [6, 6.07) is -0.666. The van der Waals surface area contributed by atoms with Crippen LogP contribution in [0.1, 0.15) is 0 Å². The Morgan fingerprint density at radius 2 is 1.79 bits per heavy atom. The maximum atomic E-state index is 9.56. The Labute approximate surface area is 80.0 Å². The number of hydrogen-bond donors (Lipinski definition) is 7. The maximum Gasteiger partial charge on any atom is 0.118 e. The van der Waals surface area contributed by atoms with E-state index in [1.807, 2.05) is 0 Å². The zero-order valence-corrected chi connectivity index (χ0v) is 7.33. The fraction of sp³-hybridized carbons (Fsp3) is 1.00. The molecule has 5 atom stereocenters. The molecule has 2 saturated heterocycles. The summed E-state index contributed by atoms with van der Waals surface area (Å²) in [5.41, 5.74) is 7.81. The van der Waals surface area contributed by atoms with Crippen LogP contribution in [0, 0.1) is 0 Å². The van der Waals surface area contributed by atoms with Crippen LogP contribution in [0.4, 0.5) is 0 Å². The van der Waals surface area contributed by atoms with Crippen LogP contribution in [0.5, 0.6) is 0 Å². The van der Waals surface area contributed by atoms with E-state index >= 15 is 0 Å². The predicted molar refractivity (Wildman–Crippen MR) is 43.9 cm³/mol. The lowest BCUT2D eigenvalue weighted by Gasteiger charge is -2.43. The largest absolute Gasteiger partial charge is 0.395 e. The molecule has 7 N–H and O–H groups in total. The van der Waals surface area contributed by atoms with E-state index in [2.05, 4.69) is 16.5 Å². The van der Waals surface area contributed by atoms with Gasteiger partial charge >= 0.3 is 0 Å².